The molecule has 28 heavy (non-hydrogen) atoms. The molecule has 9 heteroatoms. The highest BCUT2D eigenvalue weighted by Crippen LogP contribution is 2.33. The van der Waals surface area contributed by atoms with E-state index in [1.54, 1.807) is 49.1 Å². The normalized spacial score (nSPS) is 12.2. The zero-order chi connectivity index (χ0) is 20.3. The molecule has 0 saturated carbocycles. The van der Waals surface area contributed by atoms with Crippen LogP contribution in [0.15, 0.2) is 41.6 Å². The third-order valence-corrected chi connectivity index (χ3v) is 4.87. The van der Waals surface area contributed by atoms with E-state index in [4.69, 9.17) is 4.84 Å². The summed E-state index contributed by atoms with van der Waals surface area (Å²) < 4.78 is 16.2. The lowest BCUT2D eigenvalue weighted by Gasteiger charge is -2.12. The number of fused-ring (bicyclic) bond motifs is 1. The molecule has 148 valence electrons. The third-order valence-electron chi connectivity index (χ3n) is 4.14. The van der Waals surface area contributed by atoms with Gasteiger partial charge in [0.2, 0.25) is 0 Å². The number of aromatic nitrogens is 2. The number of anilines is 2. The first-order valence-corrected chi connectivity index (χ1v) is 9.78. The number of hydroxylamine groups is 1. The third kappa shape index (κ3) is 4.11. The van der Waals surface area contributed by atoms with Crippen molar-refractivity contribution in [2.45, 2.75) is 17.9 Å². The first-order chi connectivity index (χ1) is 13.4. The highest BCUT2D eigenvalue weighted by molar-refractivity contribution is 7.98. The quantitative estimate of drug-likeness (QED) is 0.414. The van der Waals surface area contributed by atoms with Crippen molar-refractivity contribution < 1.29 is 19.1 Å². The van der Waals surface area contributed by atoms with Crippen LogP contribution in [0, 0.1) is 5.82 Å². The minimum absolute atomic E-state index is 0.0508. The van der Waals surface area contributed by atoms with Crippen LogP contribution in [-0.2, 0) is 11.9 Å². The summed E-state index contributed by atoms with van der Waals surface area (Å²) in [7, 11) is 1.73. The van der Waals surface area contributed by atoms with Crippen LogP contribution in [0.1, 0.15) is 17.4 Å². The van der Waals surface area contributed by atoms with E-state index in [1.165, 1.54) is 17.8 Å². The summed E-state index contributed by atoms with van der Waals surface area (Å²) in [5.74, 6) is -0.951. The second-order valence-corrected chi connectivity index (χ2v) is 7.12. The van der Waals surface area contributed by atoms with Gasteiger partial charge in [0, 0.05) is 29.7 Å². The van der Waals surface area contributed by atoms with Crippen LogP contribution in [0.25, 0.3) is 10.9 Å². The van der Waals surface area contributed by atoms with E-state index >= 15 is 0 Å². The predicted molar refractivity (Wildman–Crippen MR) is 107 cm³/mol. The Kier molecular flexibility index (Phi) is 6.18. The van der Waals surface area contributed by atoms with Crippen LogP contribution in [-0.4, -0.2) is 39.5 Å². The van der Waals surface area contributed by atoms with Crippen molar-refractivity contribution in [2.75, 3.05) is 18.2 Å². The maximum atomic E-state index is 14.5. The monoisotopic (exact) mass is 404 g/mol. The molecule has 3 N–H and O–H groups in total. The van der Waals surface area contributed by atoms with Gasteiger partial charge in [-0.1, -0.05) is 0 Å². The number of pyridine rings is 1. The molecule has 0 saturated heterocycles. The van der Waals surface area contributed by atoms with Crippen LogP contribution >= 0.6 is 11.8 Å². The van der Waals surface area contributed by atoms with Gasteiger partial charge in [0.15, 0.2) is 0 Å². The fourth-order valence-electron chi connectivity index (χ4n) is 2.82. The molecular weight excluding hydrogens is 383 g/mol. The molecule has 2 aromatic heterocycles. The summed E-state index contributed by atoms with van der Waals surface area (Å²) in [5.41, 5.74) is 3.97. The standard InChI is InChI=1S/C19H21FN4O3S/c1-11(25)10-27-23-19(26)18-17(13-9-21-7-6-16(13)24(18)2)22-15-5-4-12(28-3)8-14(15)20/h4-9,11,22,25H,10H2,1-3H3,(H,23,26)/t11-/m0/s1. The Balaban J connectivity index is 2.01. The van der Waals surface area contributed by atoms with E-state index in [0.717, 1.165) is 10.4 Å². The van der Waals surface area contributed by atoms with Crippen molar-refractivity contribution in [2.24, 2.45) is 7.05 Å². The fourth-order valence-corrected chi connectivity index (χ4v) is 3.24. The number of halogens is 1. The molecule has 7 nitrogen and oxygen atoms in total. The summed E-state index contributed by atoms with van der Waals surface area (Å²) in [6.45, 7) is 1.49. The number of benzene rings is 1. The largest absolute Gasteiger partial charge is 0.391 e. The highest BCUT2D eigenvalue weighted by atomic mass is 32.2. The average Bonchev–Trinajstić information content (AvgIpc) is 2.95. The van der Waals surface area contributed by atoms with Gasteiger partial charge in [-0.2, -0.15) is 0 Å². The van der Waals surface area contributed by atoms with Crippen molar-refractivity contribution in [3.05, 3.63) is 48.2 Å². The summed E-state index contributed by atoms with van der Waals surface area (Å²) >= 11 is 1.44. The number of nitrogens with zero attached hydrogens (tertiary/aromatic N) is 2. The van der Waals surface area contributed by atoms with Crippen molar-refractivity contribution in [3.63, 3.8) is 0 Å². The van der Waals surface area contributed by atoms with Gasteiger partial charge < -0.3 is 15.0 Å². The predicted octanol–water partition coefficient (Wildman–Crippen LogP) is 3.22. The number of aliphatic hydroxyl groups is 1. The second kappa shape index (κ2) is 8.59. The van der Waals surface area contributed by atoms with Crippen molar-refractivity contribution >= 4 is 39.9 Å². The lowest BCUT2D eigenvalue weighted by Crippen LogP contribution is -2.29. The number of aryl methyl sites for hydroxylation is 1. The zero-order valence-corrected chi connectivity index (χ0v) is 16.5. The van der Waals surface area contributed by atoms with E-state index in [2.05, 4.69) is 15.8 Å². The number of rotatable bonds is 7. The molecule has 0 aliphatic heterocycles. The SMILES string of the molecule is CSc1ccc(Nc2c(C(=O)NOC[C@H](C)O)n(C)c3ccncc23)c(F)c1. The van der Waals surface area contributed by atoms with Crippen LogP contribution < -0.4 is 10.8 Å². The maximum Gasteiger partial charge on any atom is 0.293 e. The number of aliphatic hydroxyl groups excluding tert-OH is 1. The van der Waals surface area contributed by atoms with E-state index in [9.17, 15) is 14.3 Å². The minimum atomic E-state index is -0.723. The Labute approximate surface area is 165 Å². The second-order valence-electron chi connectivity index (χ2n) is 6.24. The molecule has 2 heterocycles. The number of carbonyl (C=O) groups excluding carboxylic acids is 1. The molecule has 1 amide bonds. The van der Waals surface area contributed by atoms with Crippen LogP contribution in [0.5, 0.6) is 0 Å². The fraction of sp³-hybridized carbons (Fsp3) is 0.263. The Hall–Kier alpha value is -2.62. The Morgan fingerprint density at radius 3 is 2.89 bits per heavy atom. The molecule has 0 fully saturated rings. The average molecular weight is 404 g/mol. The van der Waals surface area contributed by atoms with E-state index in [1.807, 2.05) is 6.26 Å². The molecule has 1 atom stereocenters. The summed E-state index contributed by atoms with van der Waals surface area (Å²) in [4.78, 5) is 22.7. The zero-order valence-electron chi connectivity index (χ0n) is 15.7. The van der Waals surface area contributed by atoms with Crippen LogP contribution in [0.3, 0.4) is 0 Å². The summed E-state index contributed by atoms with van der Waals surface area (Å²) in [6, 6.07) is 6.62. The van der Waals surface area contributed by atoms with Crippen molar-refractivity contribution in [3.8, 4) is 0 Å². The number of hydrogen-bond acceptors (Lipinski definition) is 6. The molecule has 0 bridgehead atoms. The Morgan fingerprint density at radius 1 is 1.43 bits per heavy atom. The Bertz CT molecular complexity index is 1010. The van der Waals surface area contributed by atoms with Crippen molar-refractivity contribution in [1.82, 2.24) is 15.0 Å². The smallest absolute Gasteiger partial charge is 0.293 e. The van der Waals surface area contributed by atoms with Crippen molar-refractivity contribution in [1.29, 1.82) is 0 Å². The molecule has 0 radical (unpaired) electrons. The van der Waals surface area contributed by atoms with E-state index < -0.39 is 17.8 Å². The number of amides is 1. The van der Waals surface area contributed by atoms with Gasteiger partial charge in [-0.05, 0) is 37.4 Å². The van der Waals surface area contributed by atoms with Crippen LogP contribution in [0.4, 0.5) is 15.8 Å². The van der Waals surface area contributed by atoms with Gasteiger partial charge >= 0.3 is 0 Å². The van der Waals surface area contributed by atoms with Crippen LogP contribution in [0.2, 0.25) is 0 Å². The minimum Gasteiger partial charge on any atom is -0.391 e. The first-order valence-electron chi connectivity index (χ1n) is 8.55. The molecule has 0 aliphatic rings. The molecule has 3 rings (SSSR count). The number of carbonyl (C=O) groups is 1. The van der Waals surface area contributed by atoms with Gasteiger partial charge in [0.05, 0.1) is 23.0 Å². The summed E-state index contributed by atoms with van der Waals surface area (Å²) in [6.07, 6.45) is 4.37. The Morgan fingerprint density at radius 2 is 2.21 bits per heavy atom. The van der Waals surface area contributed by atoms with E-state index in [0.29, 0.717) is 11.1 Å². The topological polar surface area (TPSA) is 88.4 Å². The molecular formula is C19H21FN4O3S. The van der Waals surface area contributed by atoms with Gasteiger partial charge in [0.1, 0.15) is 18.1 Å². The lowest BCUT2D eigenvalue weighted by molar-refractivity contribution is -0.00720. The molecule has 0 spiro atoms. The first kappa shape index (κ1) is 20.1. The molecule has 0 aliphatic carbocycles. The number of nitrogens with one attached hydrogen (secondary N) is 2. The molecule has 3 aromatic rings. The van der Waals surface area contributed by atoms with Gasteiger partial charge in [-0.3, -0.25) is 14.6 Å². The van der Waals surface area contributed by atoms with Gasteiger partial charge in [-0.25, -0.2) is 9.87 Å². The van der Waals surface area contributed by atoms with E-state index in [-0.39, 0.29) is 18.0 Å². The number of hydrogen-bond donors (Lipinski definition) is 3. The number of thioether (sulfide) groups is 1. The highest BCUT2D eigenvalue weighted by Gasteiger charge is 2.22. The summed E-state index contributed by atoms with van der Waals surface area (Å²) in [5, 5.41) is 13.0. The maximum absolute atomic E-state index is 14.5. The van der Waals surface area contributed by atoms with Gasteiger partial charge in [0.25, 0.3) is 5.91 Å². The molecule has 0 unspecified atom stereocenters. The van der Waals surface area contributed by atoms with Gasteiger partial charge in [-0.15, -0.1) is 11.8 Å². The molecule has 1 aromatic carbocycles. The lowest BCUT2D eigenvalue weighted by atomic mass is 10.2.